The third-order valence-corrected chi connectivity index (χ3v) is 5.93. The van der Waals surface area contributed by atoms with Gasteiger partial charge in [0.2, 0.25) is 7.37 Å². The summed E-state index contributed by atoms with van der Waals surface area (Å²) < 4.78 is 23.7. The molecule has 1 aromatic carbocycles. The molecule has 1 atom stereocenters. The highest BCUT2D eigenvalue weighted by molar-refractivity contribution is 7.59. The smallest absolute Gasteiger partial charge is 0.334 e. The van der Waals surface area contributed by atoms with Crippen LogP contribution in [-0.4, -0.2) is 31.5 Å². The Balaban J connectivity index is 3.11. The van der Waals surface area contributed by atoms with Gasteiger partial charge >= 0.3 is 5.97 Å². The van der Waals surface area contributed by atoms with Crippen LogP contribution in [0.1, 0.15) is 33.3 Å². The molecule has 1 rings (SSSR count). The molecule has 1 aromatic rings. The minimum absolute atomic E-state index is 0.104. The summed E-state index contributed by atoms with van der Waals surface area (Å²) in [6, 6.07) is 9.49. The molecule has 0 radical (unpaired) electrons. The molecule has 23 heavy (non-hydrogen) atoms. The molecule has 0 heterocycles. The fourth-order valence-corrected chi connectivity index (χ4v) is 5.01. The number of esters is 1. The predicted molar refractivity (Wildman–Crippen MR) is 94.9 cm³/mol. The summed E-state index contributed by atoms with van der Waals surface area (Å²) in [5.74, 6) is -0.201. The van der Waals surface area contributed by atoms with E-state index in [1.54, 1.807) is 13.0 Å². The molecule has 0 aliphatic rings. The van der Waals surface area contributed by atoms with E-state index >= 15 is 0 Å². The van der Waals surface area contributed by atoms with Gasteiger partial charge in [0.25, 0.3) is 0 Å². The molecule has 0 N–H and O–H groups in total. The minimum Gasteiger partial charge on any atom is -0.463 e. The number of hydrogen-bond donors (Lipinski definition) is 0. The largest absolute Gasteiger partial charge is 0.463 e. The van der Waals surface area contributed by atoms with Gasteiger partial charge in [0, 0.05) is 11.7 Å². The molecule has 4 nitrogen and oxygen atoms in total. The Kier molecular flexibility index (Phi) is 8.29. The minimum atomic E-state index is -2.92. The highest BCUT2D eigenvalue weighted by atomic mass is 31.2. The van der Waals surface area contributed by atoms with E-state index in [0.717, 1.165) is 5.56 Å². The number of ether oxygens (including phenoxy) is 1. The van der Waals surface area contributed by atoms with E-state index in [9.17, 15) is 9.36 Å². The monoisotopic (exact) mass is 338 g/mol. The van der Waals surface area contributed by atoms with Crippen molar-refractivity contribution in [3.8, 4) is 0 Å². The van der Waals surface area contributed by atoms with Crippen LogP contribution in [0.3, 0.4) is 0 Å². The van der Waals surface area contributed by atoms with Crippen LogP contribution in [0.2, 0.25) is 0 Å². The predicted octanol–water partition coefficient (Wildman–Crippen LogP) is 4.60. The summed E-state index contributed by atoms with van der Waals surface area (Å²) in [6.07, 6.45) is 2.29. The molecule has 1 unspecified atom stereocenters. The molecule has 0 saturated carbocycles. The molecule has 0 aliphatic carbocycles. The zero-order chi connectivity index (χ0) is 17.3. The molecular formula is C18H27O4P. The number of carbonyl (C=O) groups is 1. The van der Waals surface area contributed by atoms with Crippen molar-refractivity contribution in [2.24, 2.45) is 5.92 Å². The van der Waals surface area contributed by atoms with Crippen LogP contribution in [-0.2, 0) is 18.6 Å². The van der Waals surface area contributed by atoms with Crippen molar-refractivity contribution in [1.82, 2.24) is 0 Å². The number of carbonyl (C=O) groups excluding carboxylic acids is 1. The lowest BCUT2D eigenvalue weighted by Gasteiger charge is -2.20. The summed E-state index contributed by atoms with van der Waals surface area (Å²) in [7, 11) is -2.92. The van der Waals surface area contributed by atoms with E-state index in [1.807, 2.05) is 51.1 Å². The van der Waals surface area contributed by atoms with Crippen LogP contribution in [0.25, 0.3) is 6.08 Å². The van der Waals surface area contributed by atoms with E-state index in [-0.39, 0.29) is 18.7 Å². The van der Waals surface area contributed by atoms with E-state index in [1.165, 1.54) is 0 Å². The van der Waals surface area contributed by atoms with Gasteiger partial charge in [0.15, 0.2) is 0 Å². The van der Waals surface area contributed by atoms with Crippen LogP contribution in [0.4, 0.5) is 0 Å². The maximum Gasteiger partial charge on any atom is 0.334 e. The van der Waals surface area contributed by atoms with Gasteiger partial charge in [-0.1, -0.05) is 44.2 Å². The Bertz CT molecular complexity index is 564. The second-order valence-electron chi connectivity index (χ2n) is 5.77. The second kappa shape index (κ2) is 9.69. The first-order chi connectivity index (χ1) is 10.9. The van der Waals surface area contributed by atoms with Crippen LogP contribution in [0.5, 0.6) is 0 Å². The van der Waals surface area contributed by atoms with Gasteiger partial charge in [-0.3, -0.25) is 4.57 Å². The van der Waals surface area contributed by atoms with E-state index in [0.29, 0.717) is 18.3 Å². The van der Waals surface area contributed by atoms with Crippen molar-refractivity contribution in [2.75, 3.05) is 25.5 Å². The number of hydrogen-bond acceptors (Lipinski definition) is 4. The first-order valence-electron chi connectivity index (χ1n) is 8.05. The third-order valence-electron chi connectivity index (χ3n) is 3.10. The van der Waals surface area contributed by atoms with Crippen molar-refractivity contribution in [3.05, 3.63) is 41.5 Å². The third kappa shape index (κ3) is 7.15. The quantitative estimate of drug-likeness (QED) is 0.375. The molecular weight excluding hydrogens is 311 g/mol. The van der Waals surface area contributed by atoms with Gasteiger partial charge in [0.05, 0.1) is 19.4 Å². The van der Waals surface area contributed by atoms with Crippen LogP contribution < -0.4 is 0 Å². The van der Waals surface area contributed by atoms with E-state index in [2.05, 4.69) is 0 Å². The lowest BCUT2D eigenvalue weighted by molar-refractivity contribution is -0.138. The zero-order valence-corrected chi connectivity index (χ0v) is 15.3. The zero-order valence-electron chi connectivity index (χ0n) is 14.5. The topological polar surface area (TPSA) is 52.6 Å². The van der Waals surface area contributed by atoms with Crippen molar-refractivity contribution >= 4 is 19.4 Å². The lowest BCUT2D eigenvalue weighted by Crippen LogP contribution is -2.14. The molecule has 128 valence electrons. The van der Waals surface area contributed by atoms with E-state index < -0.39 is 13.3 Å². The summed E-state index contributed by atoms with van der Waals surface area (Å²) in [5.41, 5.74) is 1.28. The Morgan fingerprint density at radius 1 is 1.17 bits per heavy atom. The average Bonchev–Trinajstić information content (AvgIpc) is 2.47. The maximum absolute atomic E-state index is 13.1. The fourth-order valence-electron chi connectivity index (χ4n) is 2.36. The van der Waals surface area contributed by atoms with Gasteiger partial charge < -0.3 is 9.26 Å². The van der Waals surface area contributed by atoms with Gasteiger partial charge in [-0.25, -0.2) is 4.79 Å². The van der Waals surface area contributed by atoms with Crippen molar-refractivity contribution < 1.29 is 18.6 Å². The molecule has 0 bridgehead atoms. The summed E-state index contributed by atoms with van der Waals surface area (Å²) in [6.45, 7) is 8.22. The van der Waals surface area contributed by atoms with Crippen LogP contribution >= 0.6 is 7.37 Å². The van der Waals surface area contributed by atoms with Gasteiger partial charge in [-0.05, 0) is 31.4 Å². The first-order valence-corrected chi connectivity index (χ1v) is 10.0. The Morgan fingerprint density at radius 3 is 2.35 bits per heavy atom. The first kappa shape index (κ1) is 19.7. The maximum atomic E-state index is 13.1. The normalized spacial score (nSPS) is 14.6. The summed E-state index contributed by atoms with van der Waals surface area (Å²) in [4.78, 5) is 12.2. The Morgan fingerprint density at radius 2 is 1.83 bits per heavy atom. The molecule has 5 heteroatoms. The van der Waals surface area contributed by atoms with Crippen molar-refractivity contribution in [3.63, 3.8) is 0 Å². The summed E-state index contributed by atoms with van der Waals surface area (Å²) >= 11 is 0. The highest BCUT2D eigenvalue weighted by Crippen LogP contribution is 2.50. The molecule has 0 fully saturated rings. The van der Waals surface area contributed by atoms with Crippen LogP contribution in [0.15, 0.2) is 35.9 Å². The van der Waals surface area contributed by atoms with Crippen molar-refractivity contribution in [1.29, 1.82) is 0 Å². The molecule has 0 aromatic heterocycles. The summed E-state index contributed by atoms with van der Waals surface area (Å²) in [5, 5.41) is 0. The van der Waals surface area contributed by atoms with Gasteiger partial charge in [-0.2, -0.15) is 0 Å². The standard InChI is InChI=1S/C18H27O4P/c1-5-21-18(19)17(12-16-10-8-7-9-11-16)14-23(20,22-6-2)13-15(3)4/h7-12,15H,5-6,13-14H2,1-4H3/b17-12+. The molecule has 0 spiro atoms. The van der Waals surface area contributed by atoms with Crippen molar-refractivity contribution in [2.45, 2.75) is 27.7 Å². The SMILES string of the molecule is CCOC(=O)/C(=C/c1ccccc1)CP(=O)(CC(C)C)OCC. The van der Waals surface area contributed by atoms with E-state index in [4.69, 9.17) is 9.26 Å². The Labute approximate surface area is 139 Å². The lowest BCUT2D eigenvalue weighted by atomic mass is 10.1. The fraction of sp³-hybridized carbons (Fsp3) is 0.500. The number of rotatable bonds is 9. The molecule has 0 aliphatic heterocycles. The van der Waals surface area contributed by atoms with Gasteiger partial charge in [0.1, 0.15) is 0 Å². The van der Waals surface area contributed by atoms with Crippen LogP contribution in [0, 0.1) is 5.92 Å². The molecule has 0 saturated heterocycles. The van der Waals surface area contributed by atoms with Gasteiger partial charge in [-0.15, -0.1) is 0 Å². The molecule has 0 amide bonds. The highest BCUT2D eigenvalue weighted by Gasteiger charge is 2.28. The Hall–Kier alpha value is -1.38. The average molecular weight is 338 g/mol. The number of benzene rings is 1. The second-order valence-corrected chi connectivity index (χ2v) is 8.34.